The molecular weight excluding hydrogens is 230 g/mol. The molecule has 1 fully saturated rings. The Morgan fingerprint density at radius 2 is 2.22 bits per heavy atom. The second-order valence-electron chi connectivity index (χ2n) is 6.03. The lowest BCUT2D eigenvalue weighted by atomic mass is 9.64. The van der Waals surface area contributed by atoms with Crippen molar-refractivity contribution in [3.05, 3.63) is 22.6 Å². The molecule has 2 aromatic heterocycles. The number of hydrogen-bond donors (Lipinski definition) is 0. The minimum Gasteiger partial charge on any atom is -0.422 e. The summed E-state index contributed by atoms with van der Waals surface area (Å²) < 4.78 is 6.90. The highest BCUT2D eigenvalue weighted by Gasteiger charge is 2.36. The molecule has 2 aromatic rings. The highest BCUT2D eigenvalue weighted by atomic mass is 16.4. The molecule has 5 nitrogen and oxygen atoms in total. The summed E-state index contributed by atoms with van der Waals surface area (Å²) in [5, 5.41) is 0. The van der Waals surface area contributed by atoms with Crippen LogP contribution in [0.1, 0.15) is 32.6 Å². The van der Waals surface area contributed by atoms with Gasteiger partial charge in [0.1, 0.15) is 6.33 Å². The van der Waals surface area contributed by atoms with Gasteiger partial charge in [-0.3, -0.25) is 9.36 Å². The van der Waals surface area contributed by atoms with Gasteiger partial charge in [-0.15, -0.1) is 0 Å². The molecule has 96 valence electrons. The van der Waals surface area contributed by atoms with Gasteiger partial charge in [-0.2, -0.15) is 0 Å². The minimum atomic E-state index is -0.0958. The van der Waals surface area contributed by atoms with E-state index in [4.69, 9.17) is 4.42 Å². The number of aromatic nitrogens is 3. The van der Waals surface area contributed by atoms with Gasteiger partial charge >= 0.3 is 0 Å². The van der Waals surface area contributed by atoms with Crippen molar-refractivity contribution in [2.24, 2.45) is 11.3 Å². The van der Waals surface area contributed by atoms with Crippen molar-refractivity contribution in [1.82, 2.24) is 14.5 Å². The maximum Gasteiger partial charge on any atom is 0.283 e. The number of oxazole rings is 1. The van der Waals surface area contributed by atoms with Crippen LogP contribution in [0.2, 0.25) is 0 Å². The lowest BCUT2D eigenvalue weighted by Crippen LogP contribution is -2.36. The Balaban J connectivity index is 1.89. The molecule has 0 radical (unpaired) electrons. The lowest BCUT2D eigenvalue weighted by molar-refractivity contribution is 0.0819. The van der Waals surface area contributed by atoms with Crippen molar-refractivity contribution in [1.29, 1.82) is 0 Å². The molecule has 0 atom stereocenters. The Labute approximate surface area is 105 Å². The lowest BCUT2D eigenvalue weighted by Gasteiger charge is -2.42. The monoisotopic (exact) mass is 247 g/mol. The molecule has 5 heteroatoms. The fraction of sp³-hybridized carbons (Fsp3) is 0.615. The average Bonchev–Trinajstić information content (AvgIpc) is 2.61. The summed E-state index contributed by atoms with van der Waals surface area (Å²) in [5.41, 5.74) is 1.01. The Hall–Kier alpha value is -1.65. The Morgan fingerprint density at radius 1 is 1.50 bits per heavy atom. The van der Waals surface area contributed by atoms with E-state index in [0.29, 0.717) is 28.5 Å². The number of aryl methyl sites for hydroxylation is 1. The number of hydrogen-bond acceptors (Lipinski definition) is 4. The van der Waals surface area contributed by atoms with E-state index in [-0.39, 0.29) is 5.56 Å². The fourth-order valence-corrected chi connectivity index (χ4v) is 2.99. The van der Waals surface area contributed by atoms with Crippen LogP contribution in [0.4, 0.5) is 0 Å². The van der Waals surface area contributed by atoms with Crippen molar-refractivity contribution in [2.45, 2.75) is 40.2 Å². The van der Waals surface area contributed by atoms with Crippen LogP contribution < -0.4 is 5.56 Å². The highest BCUT2D eigenvalue weighted by Crippen LogP contribution is 2.45. The van der Waals surface area contributed by atoms with Gasteiger partial charge < -0.3 is 4.42 Å². The number of nitrogens with zero attached hydrogens (tertiary/aromatic N) is 3. The van der Waals surface area contributed by atoms with Crippen molar-refractivity contribution in [3.63, 3.8) is 0 Å². The molecule has 0 N–H and O–H groups in total. The van der Waals surface area contributed by atoms with E-state index in [0.717, 1.165) is 19.4 Å². The molecular formula is C13H17N3O2. The summed E-state index contributed by atoms with van der Waals surface area (Å²) in [7, 11) is 0. The third kappa shape index (κ3) is 1.83. The molecule has 2 heterocycles. The van der Waals surface area contributed by atoms with Crippen molar-refractivity contribution in [2.75, 3.05) is 0 Å². The number of rotatable bonds is 2. The van der Waals surface area contributed by atoms with Gasteiger partial charge in [-0.05, 0) is 24.2 Å². The van der Waals surface area contributed by atoms with E-state index >= 15 is 0 Å². The molecule has 0 unspecified atom stereocenters. The zero-order valence-electron chi connectivity index (χ0n) is 10.9. The van der Waals surface area contributed by atoms with E-state index in [2.05, 4.69) is 23.8 Å². The smallest absolute Gasteiger partial charge is 0.283 e. The summed E-state index contributed by atoms with van der Waals surface area (Å²) >= 11 is 0. The minimum absolute atomic E-state index is 0.0958. The predicted octanol–water partition coefficient (Wildman–Crippen LogP) is 2.13. The van der Waals surface area contributed by atoms with Gasteiger partial charge in [0, 0.05) is 13.5 Å². The standard InChI is InChI=1S/C13H17N3O2/c1-8-15-10-11(18-8)14-7-16(12(10)17)6-9-4-13(2,3)5-9/h7,9H,4-6H2,1-3H3. The van der Waals surface area contributed by atoms with Gasteiger partial charge in [0.25, 0.3) is 11.3 Å². The maximum absolute atomic E-state index is 12.2. The highest BCUT2D eigenvalue weighted by molar-refractivity contribution is 5.65. The zero-order chi connectivity index (χ0) is 12.9. The van der Waals surface area contributed by atoms with Crippen LogP contribution in [0, 0.1) is 18.3 Å². The summed E-state index contributed by atoms with van der Waals surface area (Å²) in [5.74, 6) is 1.06. The van der Waals surface area contributed by atoms with Crippen LogP contribution in [0.3, 0.4) is 0 Å². The molecule has 0 saturated heterocycles. The van der Waals surface area contributed by atoms with Gasteiger partial charge in [0.05, 0.1) is 0 Å². The molecule has 0 bridgehead atoms. The first-order chi connectivity index (χ1) is 8.44. The molecule has 18 heavy (non-hydrogen) atoms. The van der Waals surface area contributed by atoms with Crippen molar-refractivity contribution in [3.8, 4) is 0 Å². The van der Waals surface area contributed by atoms with Crippen LogP contribution >= 0.6 is 0 Å². The van der Waals surface area contributed by atoms with Crippen LogP contribution in [0.5, 0.6) is 0 Å². The summed E-state index contributed by atoms with van der Waals surface area (Å²) in [6.07, 6.45) is 3.89. The van der Waals surface area contributed by atoms with Gasteiger partial charge in [0.15, 0.2) is 11.4 Å². The maximum atomic E-state index is 12.2. The molecule has 3 rings (SSSR count). The first kappa shape index (κ1) is 11.4. The van der Waals surface area contributed by atoms with E-state index in [1.54, 1.807) is 17.8 Å². The molecule has 1 saturated carbocycles. The summed E-state index contributed by atoms with van der Waals surface area (Å²) in [6, 6.07) is 0. The molecule has 0 spiro atoms. The Kier molecular flexibility index (Phi) is 2.33. The fourth-order valence-electron chi connectivity index (χ4n) is 2.99. The first-order valence-corrected chi connectivity index (χ1v) is 6.27. The van der Waals surface area contributed by atoms with Crippen LogP contribution in [0.25, 0.3) is 11.2 Å². The topological polar surface area (TPSA) is 60.9 Å². The van der Waals surface area contributed by atoms with E-state index in [1.165, 1.54) is 0 Å². The van der Waals surface area contributed by atoms with Gasteiger partial charge in [-0.25, -0.2) is 9.97 Å². The van der Waals surface area contributed by atoms with E-state index in [9.17, 15) is 4.79 Å². The second kappa shape index (κ2) is 3.67. The summed E-state index contributed by atoms with van der Waals surface area (Å²) in [6.45, 7) is 6.97. The predicted molar refractivity (Wildman–Crippen MR) is 67.3 cm³/mol. The van der Waals surface area contributed by atoms with Gasteiger partial charge in [0.2, 0.25) is 0 Å². The Morgan fingerprint density at radius 3 is 2.89 bits per heavy atom. The zero-order valence-corrected chi connectivity index (χ0v) is 10.9. The molecule has 0 aliphatic heterocycles. The quantitative estimate of drug-likeness (QED) is 0.815. The second-order valence-corrected chi connectivity index (χ2v) is 6.03. The summed E-state index contributed by atoms with van der Waals surface area (Å²) in [4.78, 5) is 20.4. The molecule has 0 amide bonds. The third-order valence-electron chi connectivity index (χ3n) is 3.63. The number of fused-ring (bicyclic) bond motifs is 1. The van der Waals surface area contributed by atoms with Crippen LogP contribution in [-0.2, 0) is 6.54 Å². The first-order valence-electron chi connectivity index (χ1n) is 6.27. The normalized spacial score (nSPS) is 19.1. The van der Waals surface area contributed by atoms with Gasteiger partial charge in [-0.1, -0.05) is 13.8 Å². The SMILES string of the molecule is Cc1nc2c(=O)n(CC3CC(C)(C)C3)cnc2o1. The third-order valence-corrected chi connectivity index (χ3v) is 3.63. The van der Waals surface area contributed by atoms with E-state index in [1.807, 2.05) is 0 Å². The molecule has 0 aromatic carbocycles. The van der Waals surface area contributed by atoms with E-state index < -0.39 is 0 Å². The molecule has 1 aliphatic carbocycles. The van der Waals surface area contributed by atoms with Crippen LogP contribution in [0.15, 0.2) is 15.5 Å². The van der Waals surface area contributed by atoms with Crippen LogP contribution in [-0.4, -0.2) is 14.5 Å². The largest absolute Gasteiger partial charge is 0.422 e. The molecule has 1 aliphatic rings. The Bertz CT molecular complexity index is 646. The van der Waals surface area contributed by atoms with Crippen molar-refractivity contribution >= 4 is 11.2 Å². The van der Waals surface area contributed by atoms with Crippen molar-refractivity contribution < 1.29 is 4.42 Å². The average molecular weight is 247 g/mol.